The van der Waals surface area contributed by atoms with E-state index >= 15 is 0 Å². The Balaban J connectivity index is 2.34. The third-order valence-corrected chi connectivity index (χ3v) is 3.70. The summed E-state index contributed by atoms with van der Waals surface area (Å²) in [7, 11) is 0. The van der Waals surface area contributed by atoms with Crippen LogP contribution in [0.1, 0.15) is 13.3 Å². The van der Waals surface area contributed by atoms with Gasteiger partial charge < -0.3 is 10.8 Å². The second-order valence-electron chi connectivity index (χ2n) is 2.79. The third-order valence-electron chi connectivity index (χ3n) is 2.17. The molecule has 2 unspecified atom stereocenters. The summed E-state index contributed by atoms with van der Waals surface area (Å²) in [5, 5.41) is 8.83. The van der Waals surface area contributed by atoms with Gasteiger partial charge in [-0.25, -0.2) is 0 Å². The number of rotatable bonds is 4. The Bertz CT molecular complexity index is 120. The van der Waals surface area contributed by atoms with Crippen molar-refractivity contribution in [3.63, 3.8) is 0 Å². The Morgan fingerprint density at radius 2 is 2.50 bits per heavy atom. The average molecular weight is 161 g/mol. The molecule has 0 aromatic carbocycles. The first kappa shape index (κ1) is 8.37. The van der Waals surface area contributed by atoms with Crippen LogP contribution in [0, 0.1) is 5.92 Å². The number of thioether (sulfide) groups is 1. The van der Waals surface area contributed by atoms with Crippen LogP contribution in [0.25, 0.3) is 0 Å². The van der Waals surface area contributed by atoms with Gasteiger partial charge in [0.15, 0.2) is 0 Å². The summed E-state index contributed by atoms with van der Waals surface area (Å²) in [6.45, 7) is 3.16. The van der Waals surface area contributed by atoms with Gasteiger partial charge in [0.1, 0.15) is 0 Å². The Kier molecular flexibility index (Phi) is 2.61. The minimum absolute atomic E-state index is 0.253. The zero-order valence-corrected chi connectivity index (χ0v) is 7.16. The fraction of sp³-hybridized carbons (Fsp3) is 1.00. The van der Waals surface area contributed by atoms with Crippen molar-refractivity contribution >= 4 is 11.8 Å². The standard InChI is InChI=1S/C7H15NOS/c1-2-10-7(5-8)3-6(7)4-9/h6,9H,2-5,8H2,1H3. The number of hydrogen-bond acceptors (Lipinski definition) is 3. The summed E-state index contributed by atoms with van der Waals surface area (Å²) >= 11 is 1.89. The quantitative estimate of drug-likeness (QED) is 0.629. The highest BCUT2D eigenvalue weighted by atomic mass is 32.2. The minimum Gasteiger partial charge on any atom is -0.396 e. The van der Waals surface area contributed by atoms with Crippen molar-refractivity contribution in [1.82, 2.24) is 0 Å². The lowest BCUT2D eigenvalue weighted by Gasteiger charge is -2.11. The molecule has 0 radical (unpaired) electrons. The van der Waals surface area contributed by atoms with Gasteiger partial charge >= 0.3 is 0 Å². The van der Waals surface area contributed by atoms with Gasteiger partial charge in [-0.15, -0.1) is 0 Å². The second-order valence-corrected chi connectivity index (χ2v) is 4.46. The van der Waals surface area contributed by atoms with Crippen molar-refractivity contribution < 1.29 is 5.11 Å². The van der Waals surface area contributed by atoms with E-state index in [1.165, 1.54) is 0 Å². The van der Waals surface area contributed by atoms with Gasteiger partial charge in [0.2, 0.25) is 0 Å². The van der Waals surface area contributed by atoms with Crippen LogP contribution in [0.5, 0.6) is 0 Å². The lowest BCUT2D eigenvalue weighted by Crippen LogP contribution is -2.22. The highest BCUT2D eigenvalue weighted by Gasteiger charge is 2.52. The summed E-state index contributed by atoms with van der Waals surface area (Å²) in [5.74, 6) is 1.58. The number of hydrogen-bond donors (Lipinski definition) is 2. The fourth-order valence-electron chi connectivity index (χ4n) is 1.36. The van der Waals surface area contributed by atoms with E-state index in [1.54, 1.807) is 0 Å². The van der Waals surface area contributed by atoms with Crippen molar-refractivity contribution in [2.45, 2.75) is 18.1 Å². The van der Waals surface area contributed by atoms with E-state index in [9.17, 15) is 0 Å². The zero-order valence-electron chi connectivity index (χ0n) is 6.34. The topological polar surface area (TPSA) is 46.2 Å². The molecule has 1 aliphatic carbocycles. The van der Waals surface area contributed by atoms with Crippen molar-refractivity contribution in [2.24, 2.45) is 11.7 Å². The number of aliphatic hydroxyl groups is 1. The van der Waals surface area contributed by atoms with Gasteiger partial charge in [0, 0.05) is 17.9 Å². The molecule has 60 valence electrons. The summed E-state index contributed by atoms with van der Waals surface area (Å²) in [6.07, 6.45) is 1.11. The van der Waals surface area contributed by atoms with E-state index in [1.807, 2.05) is 11.8 Å². The Hall–Kier alpha value is 0.270. The first-order valence-electron chi connectivity index (χ1n) is 3.74. The fourth-order valence-corrected chi connectivity index (χ4v) is 2.68. The molecule has 0 heterocycles. The van der Waals surface area contributed by atoms with E-state index < -0.39 is 0 Å². The lowest BCUT2D eigenvalue weighted by molar-refractivity contribution is 0.272. The molecule has 1 fully saturated rings. The van der Waals surface area contributed by atoms with Gasteiger partial charge in [-0.3, -0.25) is 0 Å². The minimum atomic E-state index is 0.253. The van der Waals surface area contributed by atoms with Gasteiger partial charge in [0.25, 0.3) is 0 Å². The van der Waals surface area contributed by atoms with E-state index in [0.717, 1.165) is 18.7 Å². The third kappa shape index (κ3) is 1.31. The van der Waals surface area contributed by atoms with Crippen LogP contribution in [0.3, 0.4) is 0 Å². The molecular formula is C7H15NOS. The Morgan fingerprint density at radius 1 is 1.80 bits per heavy atom. The summed E-state index contributed by atoms with van der Waals surface area (Å²) in [4.78, 5) is 0. The first-order chi connectivity index (χ1) is 4.79. The second kappa shape index (κ2) is 3.11. The van der Waals surface area contributed by atoms with Crippen LogP contribution < -0.4 is 5.73 Å². The highest BCUT2D eigenvalue weighted by Crippen LogP contribution is 2.53. The van der Waals surface area contributed by atoms with Gasteiger partial charge in [-0.1, -0.05) is 6.92 Å². The van der Waals surface area contributed by atoms with Gasteiger partial charge in [-0.05, 0) is 18.1 Å². The maximum Gasteiger partial charge on any atom is 0.0473 e. The van der Waals surface area contributed by atoms with Crippen molar-refractivity contribution in [2.75, 3.05) is 18.9 Å². The van der Waals surface area contributed by atoms with Gasteiger partial charge in [-0.2, -0.15) is 11.8 Å². The molecule has 3 N–H and O–H groups in total. The van der Waals surface area contributed by atoms with E-state index in [2.05, 4.69) is 6.92 Å². The predicted octanol–water partition coefficient (Wildman–Crippen LogP) is 0.449. The monoisotopic (exact) mass is 161 g/mol. The van der Waals surface area contributed by atoms with Gasteiger partial charge in [0.05, 0.1) is 0 Å². The zero-order chi connectivity index (χ0) is 7.61. The summed E-state index contributed by atoms with van der Waals surface area (Å²) in [5.41, 5.74) is 5.59. The number of aliphatic hydroxyl groups excluding tert-OH is 1. The van der Waals surface area contributed by atoms with E-state index in [-0.39, 0.29) is 4.75 Å². The summed E-state index contributed by atoms with van der Waals surface area (Å²) in [6, 6.07) is 0. The van der Waals surface area contributed by atoms with Crippen LogP contribution in [0.15, 0.2) is 0 Å². The molecule has 1 rings (SSSR count). The molecule has 1 aliphatic rings. The Labute approximate surface area is 66.2 Å². The molecule has 0 aliphatic heterocycles. The normalized spacial score (nSPS) is 38.1. The van der Waals surface area contributed by atoms with Crippen LogP contribution in [-0.2, 0) is 0 Å². The molecule has 0 bridgehead atoms. The van der Waals surface area contributed by atoms with Crippen LogP contribution >= 0.6 is 11.8 Å². The van der Waals surface area contributed by atoms with E-state index in [0.29, 0.717) is 12.5 Å². The first-order valence-corrected chi connectivity index (χ1v) is 4.72. The molecule has 2 nitrogen and oxygen atoms in total. The lowest BCUT2D eigenvalue weighted by atomic mass is 10.3. The summed E-state index contributed by atoms with van der Waals surface area (Å²) < 4.78 is 0.253. The van der Waals surface area contributed by atoms with Crippen molar-refractivity contribution in [1.29, 1.82) is 0 Å². The average Bonchev–Trinajstić information content (AvgIpc) is 2.65. The molecule has 2 atom stereocenters. The molecule has 0 spiro atoms. The van der Waals surface area contributed by atoms with E-state index in [4.69, 9.17) is 10.8 Å². The van der Waals surface area contributed by atoms with Crippen LogP contribution in [0.4, 0.5) is 0 Å². The van der Waals surface area contributed by atoms with Crippen molar-refractivity contribution in [3.05, 3.63) is 0 Å². The number of nitrogens with two attached hydrogens (primary N) is 1. The van der Waals surface area contributed by atoms with Crippen LogP contribution in [-0.4, -0.2) is 28.8 Å². The van der Waals surface area contributed by atoms with Crippen LogP contribution in [0.2, 0.25) is 0 Å². The maximum absolute atomic E-state index is 8.83. The molecule has 0 saturated heterocycles. The molecule has 1 saturated carbocycles. The molecular weight excluding hydrogens is 146 g/mol. The Morgan fingerprint density at radius 3 is 2.80 bits per heavy atom. The largest absolute Gasteiger partial charge is 0.396 e. The van der Waals surface area contributed by atoms with Crippen molar-refractivity contribution in [3.8, 4) is 0 Å². The molecule has 0 amide bonds. The predicted molar refractivity (Wildman–Crippen MR) is 45.1 cm³/mol. The molecule has 0 aromatic heterocycles. The smallest absolute Gasteiger partial charge is 0.0473 e. The molecule has 10 heavy (non-hydrogen) atoms. The maximum atomic E-state index is 8.83. The molecule has 0 aromatic rings. The highest BCUT2D eigenvalue weighted by molar-refractivity contribution is 8.00. The SMILES string of the molecule is CCSC1(CN)CC1CO. The molecule has 3 heteroatoms.